The number of methoxy groups -OCH3 is 1. The lowest BCUT2D eigenvalue weighted by Gasteiger charge is -2.18. The molecular weight excluding hydrogens is 377 g/mol. The molecule has 2 aromatic heterocycles. The number of ether oxygens (including phenoxy) is 1. The first-order chi connectivity index (χ1) is 12.5. The highest BCUT2D eigenvalue weighted by Crippen LogP contribution is 2.25. The number of aryl methyl sites for hydroxylation is 1. The van der Waals surface area contributed by atoms with Crippen LogP contribution in [0, 0.1) is 6.92 Å². The van der Waals surface area contributed by atoms with Crippen LogP contribution in [0.2, 0.25) is 10.0 Å². The number of nitrogens with one attached hydrogen (secondary N) is 1. The van der Waals surface area contributed by atoms with E-state index in [0.717, 1.165) is 5.76 Å². The van der Waals surface area contributed by atoms with Gasteiger partial charge >= 0.3 is 0 Å². The Labute approximate surface area is 160 Å². The highest BCUT2D eigenvalue weighted by molar-refractivity contribution is 6.33. The van der Waals surface area contributed by atoms with Crippen molar-refractivity contribution < 1.29 is 9.15 Å². The fraction of sp³-hybridized carbons (Fsp3) is 0.222. The number of anilines is 1. The molecule has 0 saturated heterocycles. The van der Waals surface area contributed by atoms with Gasteiger partial charge in [0, 0.05) is 12.1 Å². The minimum atomic E-state index is -0.439. The van der Waals surface area contributed by atoms with Crippen LogP contribution in [0.1, 0.15) is 17.6 Å². The van der Waals surface area contributed by atoms with Crippen molar-refractivity contribution in [2.24, 2.45) is 0 Å². The molecule has 0 amide bonds. The molecule has 1 atom stereocenters. The number of nitrogens with zero attached hydrogens (tertiary/aromatic N) is 2. The fourth-order valence-electron chi connectivity index (χ4n) is 2.49. The summed E-state index contributed by atoms with van der Waals surface area (Å²) in [4.78, 5) is 12.6. The zero-order chi connectivity index (χ0) is 18.7. The van der Waals surface area contributed by atoms with E-state index < -0.39 is 5.56 Å². The minimum Gasteiger partial charge on any atom is -0.464 e. The van der Waals surface area contributed by atoms with Crippen LogP contribution in [0.25, 0.3) is 5.69 Å². The Morgan fingerprint density at radius 2 is 1.96 bits per heavy atom. The van der Waals surface area contributed by atoms with Gasteiger partial charge in [-0.15, -0.1) is 0 Å². The number of furan rings is 1. The van der Waals surface area contributed by atoms with Crippen LogP contribution < -0.4 is 10.9 Å². The second kappa shape index (κ2) is 7.95. The Hall–Kier alpha value is -2.28. The second-order valence-electron chi connectivity index (χ2n) is 5.67. The Bertz CT molecular complexity index is 951. The predicted molar refractivity (Wildman–Crippen MR) is 102 cm³/mol. The average Bonchev–Trinajstić information content (AvgIpc) is 3.06. The lowest BCUT2D eigenvalue weighted by Crippen LogP contribution is -2.24. The summed E-state index contributed by atoms with van der Waals surface area (Å²) in [5.74, 6) is 1.47. The van der Waals surface area contributed by atoms with Crippen LogP contribution in [0.3, 0.4) is 0 Å². The molecule has 3 aromatic rings. The van der Waals surface area contributed by atoms with Gasteiger partial charge in [-0.2, -0.15) is 9.78 Å². The van der Waals surface area contributed by atoms with E-state index in [4.69, 9.17) is 32.4 Å². The lowest BCUT2D eigenvalue weighted by molar-refractivity contribution is 0.178. The van der Waals surface area contributed by atoms with E-state index in [0.29, 0.717) is 28.8 Å². The summed E-state index contributed by atoms with van der Waals surface area (Å²) in [5.41, 5.74) is 0.534. The summed E-state index contributed by atoms with van der Waals surface area (Å²) in [6, 6.07) is 10.1. The van der Waals surface area contributed by atoms with Crippen LogP contribution in [0.15, 0.2) is 51.8 Å². The quantitative estimate of drug-likeness (QED) is 0.677. The van der Waals surface area contributed by atoms with Gasteiger partial charge in [-0.25, -0.2) is 0 Å². The summed E-state index contributed by atoms with van der Waals surface area (Å²) in [6.45, 7) is 2.19. The van der Waals surface area contributed by atoms with Gasteiger partial charge in [-0.05, 0) is 43.3 Å². The highest BCUT2D eigenvalue weighted by atomic mass is 35.5. The smallest absolute Gasteiger partial charge is 0.292 e. The monoisotopic (exact) mass is 393 g/mol. The van der Waals surface area contributed by atoms with Crippen molar-refractivity contribution in [3.63, 3.8) is 0 Å². The normalized spacial score (nSPS) is 12.2. The van der Waals surface area contributed by atoms with Crippen LogP contribution in [-0.4, -0.2) is 23.5 Å². The van der Waals surface area contributed by atoms with Gasteiger partial charge in [0.2, 0.25) is 0 Å². The maximum Gasteiger partial charge on any atom is 0.292 e. The topological polar surface area (TPSA) is 69.3 Å². The maximum absolute atomic E-state index is 12.6. The second-order valence-corrected chi connectivity index (χ2v) is 6.48. The molecule has 0 bridgehead atoms. The molecule has 136 valence electrons. The van der Waals surface area contributed by atoms with E-state index in [9.17, 15) is 4.79 Å². The van der Waals surface area contributed by atoms with Gasteiger partial charge in [0.1, 0.15) is 22.6 Å². The van der Waals surface area contributed by atoms with E-state index in [1.165, 1.54) is 10.9 Å². The SMILES string of the molecule is COCC(Nc1cnn(-c2ccc(Cl)cc2)c(=O)c1Cl)c1ccc(C)o1. The first kappa shape index (κ1) is 18.5. The van der Waals surface area contributed by atoms with Gasteiger partial charge in [0.05, 0.1) is 24.2 Å². The largest absolute Gasteiger partial charge is 0.464 e. The summed E-state index contributed by atoms with van der Waals surface area (Å²) >= 11 is 12.2. The van der Waals surface area contributed by atoms with E-state index >= 15 is 0 Å². The van der Waals surface area contributed by atoms with Crippen LogP contribution >= 0.6 is 23.2 Å². The summed E-state index contributed by atoms with van der Waals surface area (Å²) in [5, 5.41) is 7.95. The van der Waals surface area contributed by atoms with Crippen molar-refractivity contribution in [2.45, 2.75) is 13.0 Å². The molecule has 1 unspecified atom stereocenters. The number of hydrogen-bond acceptors (Lipinski definition) is 5. The molecule has 3 rings (SSSR count). The first-order valence-electron chi connectivity index (χ1n) is 7.85. The molecule has 0 fully saturated rings. The fourth-order valence-corrected chi connectivity index (χ4v) is 2.80. The first-order valence-corrected chi connectivity index (χ1v) is 8.60. The van der Waals surface area contributed by atoms with Crippen molar-refractivity contribution in [3.05, 3.63) is 74.5 Å². The number of aromatic nitrogens is 2. The van der Waals surface area contributed by atoms with Crippen molar-refractivity contribution >= 4 is 28.9 Å². The molecule has 2 heterocycles. The Morgan fingerprint density at radius 1 is 1.23 bits per heavy atom. The Morgan fingerprint density at radius 3 is 2.58 bits per heavy atom. The molecule has 0 radical (unpaired) electrons. The molecule has 8 heteroatoms. The maximum atomic E-state index is 12.6. The highest BCUT2D eigenvalue weighted by Gasteiger charge is 2.19. The number of hydrogen-bond donors (Lipinski definition) is 1. The lowest BCUT2D eigenvalue weighted by atomic mass is 10.2. The zero-order valence-electron chi connectivity index (χ0n) is 14.2. The van der Waals surface area contributed by atoms with Crippen molar-refractivity contribution in [1.29, 1.82) is 0 Å². The van der Waals surface area contributed by atoms with Crippen molar-refractivity contribution in [2.75, 3.05) is 19.0 Å². The third-order valence-electron chi connectivity index (χ3n) is 3.76. The number of halogens is 2. The van der Waals surface area contributed by atoms with Crippen LogP contribution in [-0.2, 0) is 4.74 Å². The standard InChI is InChI=1S/C18H17Cl2N3O3/c1-11-3-8-16(26-11)15(10-25-2)22-14-9-21-23(18(24)17(14)20)13-6-4-12(19)5-7-13/h3-9,15,22H,10H2,1-2H3. The molecule has 1 N–H and O–H groups in total. The molecule has 0 spiro atoms. The Kier molecular flexibility index (Phi) is 5.66. The molecule has 0 aliphatic rings. The van der Waals surface area contributed by atoms with Crippen LogP contribution in [0.5, 0.6) is 0 Å². The summed E-state index contributed by atoms with van der Waals surface area (Å²) < 4.78 is 12.1. The Balaban J connectivity index is 1.92. The van der Waals surface area contributed by atoms with E-state index in [1.807, 2.05) is 19.1 Å². The third kappa shape index (κ3) is 3.93. The molecule has 26 heavy (non-hydrogen) atoms. The van der Waals surface area contributed by atoms with Crippen molar-refractivity contribution in [1.82, 2.24) is 9.78 Å². The van der Waals surface area contributed by atoms with E-state index in [-0.39, 0.29) is 11.1 Å². The molecular formula is C18H17Cl2N3O3. The van der Waals surface area contributed by atoms with Gasteiger partial charge < -0.3 is 14.5 Å². The predicted octanol–water partition coefficient (Wildman–Crippen LogP) is 4.24. The third-order valence-corrected chi connectivity index (χ3v) is 4.38. The van der Waals surface area contributed by atoms with Gasteiger partial charge in [0.25, 0.3) is 5.56 Å². The van der Waals surface area contributed by atoms with Gasteiger partial charge in [0.15, 0.2) is 0 Å². The number of benzene rings is 1. The summed E-state index contributed by atoms with van der Waals surface area (Å²) in [7, 11) is 1.59. The van der Waals surface area contributed by atoms with Gasteiger partial charge in [-0.1, -0.05) is 23.2 Å². The van der Waals surface area contributed by atoms with E-state index in [1.54, 1.807) is 31.4 Å². The van der Waals surface area contributed by atoms with Crippen molar-refractivity contribution in [3.8, 4) is 5.69 Å². The zero-order valence-corrected chi connectivity index (χ0v) is 15.7. The molecule has 0 aliphatic heterocycles. The molecule has 0 aliphatic carbocycles. The van der Waals surface area contributed by atoms with Gasteiger partial charge in [-0.3, -0.25) is 4.79 Å². The molecule has 0 saturated carbocycles. The van der Waals surface area contributed by atoms with E-state index in [2.05, 4.69) is 10.4 Å². The van der Waals surface area contributed by atoms with Crippen LogP contribution in [0.4, 0.5) is 5.69 Å². The number of rotatable bonds is 6. The molecule has 6 nitrogen and oxygen atoms in total. The minimum absolute atomic E-state index is 0.0272. The molecule has 1 aromatic carbocycles. The average molecular weight is 394 g/mol. The summed E-state index contributed by atoms with van der Waals surface area (Å²) in [6.07, 6.45) is 1.50.